The van der Waals surface area contributed by atoms with E-state index >= 15 is 0 Å². The van der Waals surface area contributed by atoms with E-state index in [9.17, 15) is 0 Å². The number of fused-ring (bicyclic) bond motifs is 3. The zero-order valence-corrected chi connectivity index (χ0v) is 10.5. The average Bonchev–Trinajstić information content (AvgIpc) is 2.79. The Morgan fingerprint density at radius 3 is 2.72 bits per heavy atom. The molecule has 0 amide bonds. The average molecular weight is 240 g/mol. The summed E-state index contributed by atoms with van der Waals surface area (Å²) < 4.78 is 11.0. The number of rotatable bonds is 4. The smallest absolute Gasteiger partial charge is 0.189 e. The second-order valence-corrected chi connectivity index (χ2v) is 4.37. The van der Waals surface area contributed by atoms with Crippen molar-refractivity contribution in [3.8, 4) is 16.9 Å². The van der Waals surface area contributed by atoms with Crippen LogP contribution in [0.5, 0.6) is 5.75 Å². The van der Waals surface area contributed by atoms with Gasteiger partial charge in [0.15, 0.2) is 6.79 Å². The lowest BCUT2D eigenvalue weighted by molar-refractivity contribution is 0.0220. The van der Waals surface area contributed by atoms with E-state index in [0.717, 1.165) is 12.2 Å². The molecule has 2 aromatic rings. The molecule has 0 atom stereocenters. The van der Waals surface area contributed by atoms with E-state index in [2.05, 4.69) is 30.3 Å². The Morgan fingerprint density at radius 1 is 1.00 bits per heavy atom. The van der Waals surface area contributed by atoms with Crippen molar-refractivity contribution in [1.29, 1.82) is 0 Å². The van der Waals surface area contributed by atoms with Crippen LogP contribution in [0, 0.1) is 0 Å². The number of hydrogen-bond acceptors (Lipinski definition) is 2. The van der Waals surface area contributed by atoms with Crippen LogP contribution in [0.1, 0.15) is 18.1 Å². The highest BCUT2D eigenvalue weighted by Gasteiger charge is 2.20. The molecule has 0 saturated heterocycles. The molecule has 0 unspecified atom stereocenters. The molecule has 1 aliphatic carbocycles. The van der Waals surface area contributed by atoms with Crippen LogP contribution >= 0.6 is 0 Å². The summed E-state index contributed by atoms with van der Waals surface area (Å²) in [6.45, 7) is 2.97. The highest BCUT2D eigenvalue weighted by molar-refractivity contribution is 5.78. The Morgan fingerprint density at radius 2 is 1.83 bits per heavy atom. The molecule has 0 bridgehead atoms. The van der Waals surface area contributed by atoms with Crippen LogP contribution in [0.4, 0.5) is 0 Å². The number of ether oxygens (including phenoxy) is 2. The van der Waals surface area contributed by atoms with Crippen LogP contribution in [-0.2, 0) is 11.2 Å². The molecule has 0 aliphatic heterocycles. The van der Waals surface area contributed by atoms with E-state index in [1.165, 1.54) is 22.3 Å². The summed E-state index contributed by atoms with van der Waals surface area (Å²) in [6.07, 6.45) is 0.952. The lowest BCUT2D eigenvalue weighted by Gasteiger charge is -2.10. The van der Waals surface area contributed by atoms with Crippen molar-refractivity contribution in [1.82, 2.24) is 0 Å². The van der Waals surface area contributed by atoms with Crippen LogP contribution < -0.4 is 4.74 Å². The van der Waals surface area contributed by atoms with Crippen LogP contribution in [0.2, 0.25) is 0 Å². The maximum atomic E-state index is 5.70. The quantitative estimate of drug-likeness (QED) is 0.512. The zero-order chi connectivity index (χ0) is 12.4. The standard InChI is InChI=1S/C16H16O2/c1-2-17-11-18-16-9-5-8-14-13-7-4-3-6-12(13)10-15(14)16/h3-9H,2,10-11H2,1H3. The van der Waals surface area contributed by atoms with E-state index in [0.29, 0.717) is 13.4 Å². The fourth-order valence-electron chi connectivity index (χ4n) is 2.45. The van der Waals surface area contributed by atoms with Gasteiger partial charge in [-0.3, -0.25) is 0 Å². The molecule has 92 valence electrons. The van der Waals surface area contributed by atoms with Gasteiger partial charge < -0.3 is 9.47 Å². The van der Waals surface area contributed by atoms with Gasteiger partial charge in [-0.1, -0.05) is 36.4 Å². The van der Waals surface area contributed by atoms with E-state index in [-0.39, 0.29) is 0 Å². The first kappa shape index (κ1) is 11.3. The summed E-state index contributed by atoms with van der Waals surface area (Å²) in [5, 5.41) is 0. The maximum absolute atomic E-state index is 5.70. The summed E-state index contributed by atoms with van der Waals surface area (Å²) in [4.78, 5) is 0. The van der Waals surface area contributed by atoms with E-state index < -0.39 is 0 Å². The highest BCUT2D eigenvalue weighted by atomic mass is 16.7. The third-order valence-electron chi connectivity index (χ3n) is 3.31. The first-order valence-corrected chi connectivity index (χ1v) is 6.31. The number of hydrogen-bond donors (Lipinski definition) is 0. The summed E-state index contributed by atoms with van der Waals surface area (Å²) >= 11 is 0. The van der Waals surface area contributed by atoms with Crippen molar-refractivity contribution in [3.63, 3.8) is 0 Å². The second-order valence-electron chi connectivity index (χ2n) is 4.37. The largest absolute Gasteiger partial charge is 0.467 e. The Labute approximate surface area is 107 Å². The minimum absolute atomic E-state index is 0.323. The molecule has 0 radical (unpaired) electrons. The summed E-state index contributed by atoms with van der Waals surface area (Å²) in [6, 6.07) is 14.8. The first-order valence-electron chi connectivity index (χ1n) is 6.31. The van der Waals surface area contributed by atoms with Crippen LogP contribution in [0.3, 0.4) is 0 Å². The maximum Gasteiger partial charge on any atom is 0.189 e. The SMILES string of the molecule is CCOCOc1cccc2c1Cc1ccccc1-2. The molecule has 0 fully saturated rings. The summed E-state index contributed by atoms with van der Waals surface area (Å²) in [5.41, 5.74) is 5.27. The lowest BCUT2D eigenvalue weighted by atomic mass is 10.1. The molecule has 2 nitrogen and oxygen atoms in total. The molecular weight excluding hydrogens is 224 g/mol. The van der Waals surface area contributed by atoms with Gasteiger partial charge in [0, 0.05) is 18.6 Å². The van der Waals surface area contributed by atoms with Crippen LogP contribution in [0.25, 0.3) is 11.1 Å². The molecule has 0 spiro atoms. The molecule has 3 rings (SSSR count). The van der Waals surface area contributed by atoms with E-state index in [1.807, 2.05) is 19.1 Å². The minimum Gasteiger partial charge on any atom is -0.467 e. The summed E-state index contributed by atoms with van der Waals surface area (Å²) in [5.74, 6) is 0.942. The Balaban J connectivity index is 1.93. The van der Waals surface area contributed by atoms with Crippen molar-refractivity contribution >= 4 is 0 Å². The summed E-state index contributed by atoms with van der Waals surface area (Å²) in [7, 11) is 0. The van der Waals surface area contributed by atoms with Gasteiger partial charge in [-0.25, -0.2) is 0 Å². The molecule has 0 aromatic heterocycles. The molecule has 2 aromatic carbocycles. The van der Waals surface area contributed by atoms with Crippen molar-refractivity contribution in [2.75, 3.05) is 13.4 Å². The van der Waals surface area contributed by atoms with Gasteiger partial charge >= 0.3 is 0 Å². The lowest BCUT2D eigenvalue weighted by Crippen LogP contribution is -2.03. The molecule has 18 heavy (non-hydrogen) atoms. The minimum atomic E-state index is 0.323. The fraction of sp³-hybridized carbons (Fsp3) is 0.250. The third kappa shape index (κ3) is 1.89. The van der Waals surface area contributed by atoms with E-state index in [1.54, 1.807) is 0 Å². The first-order chi connectivity index (χ1) is 8.90. The van der Waals surface area contributed by atoms with Crippen LogP contribution in [0.15, 0.2) is 42.5 Å². The Bertz CT molecular complexity index is 561. The normalized spacial score (nSPS) is 12.1. The van der Waals surface area contributed by atoms with Gasteiger partial charge in [0.25, 0.3) is 0 Å². The zero-order valence-electron chi connectivity index (χ0n) is 10.5. The molecule has 0 N–H and O–H groups in total. The molecule has 1 aliphatic rings. The monoisotopic (exact) mass is 240 g/mol. The van der Waals surface area contributed by atoms with Gasteiger partial charge in [0.05, 0.1) is 0 Å². The molecular formula is C16H16O2. The Kier molecular flexibility index (Phi) is 3.03. The second kappa shape index (κ2) is 4.83. The van der Waals surface area contributed by atoms with Gasteiger partial charge in [0.2, 0.25) is 0 Å². The van der Waals surface area contributed by atoms with Gasteiger partial charge in [-0.15, -0.1) is 0 Å². The van der Waals surface area contributed by atoms with Crippen molar-refractivity contribution in [2.24, 2.45) is 0 Å². The van der Waals surface area contributed by atoms with Gasteiger partial charge in [0.1, 0.15) is 5.75 Å². The van der Waals surface area contributed by atoms with Gasteiger partial charge in [-0.05, 0) is 29.7 Å². The molecule has 0 heterocycles. The third-order valence-corrected chi connectivity index (χ3v) is 3.31. The van der Waals surface area contributed by atoms with Gasteiger partial charge in [-0.2, -0.15) is 0 Å². The topological polar surface area (TPSA) is 18.5 Å². The fourth-order valence-corrected chi connectivity index (χ4v) is 2.45. The van der Waals surface area contributed by atoms with Crippen molar-refractivity contribution < 1.29 is 9.47 Å². The van der Waals surface area contributed by atoms with Crippen LogP contribution in [-0.4, -0.2) is 13.4 Å². The number of benzene rings is 2. The van der Waals surface area contributed by atoms with Crippen molar-refractivity contribution in [2.45, 2.75) is 13.3 Å². The molecule has 0 saturated carbocycles. The highest BCUT2D eigenvalue weighted by Crippen LogP contribution is 2.40. The predicted molar refractivity (Wildman–Crippen MR) is 71.8 cm³/mol. The molecule has 2 heteroatoms. The van der Waals surface area contributed by atoms with E-state index in [4.69, 9.17) is 9.47 Å². The predicted octanol–water partition coefficient (Wildman–Crippen LogP) is 3.63. The van der Waals surface area contributed by atoms with Crippen molar-refractivity contribution in [3.05, 3.63) is 53.6 Å². The Hall–Kier alpha value is -1.80.